The van der Waals surface area contributed by atoms with Gasteiger partial charge in [-0.25, -0.2) is 4.39 Å². The number of rotatable bonds is 2. The Bertz CT molecular complexity index is 327. The second kappa shape index (κ2) is 3.96. The van der Waals surface area contributed by atoms with Crippen molar-refractivity contribution in [1.82, 2.24) is 5.32 Å². The predicted octanol–water partition coefficient (Wildman–Crippen LogP) is 2.26. The summed E-state index contributed by atoms with van der Waals surface area (Å²) in [5.41, 5.74) is 0.943. The van der Waals surface area contributed by atoms with Crippen LogP contribution in [0, 0.1) is 5.82 Å². The van der Waals surface area contributed by atoms with Crippen molar-refractivity contribution in [3.05, 3.63) is 29.6 Å². The van der Waals surface area contributed by atoms with Crippen LogP contribution in [0.3, 0.4) is 0 Å². The van der Waals surface area contributed by atoms with Gasteiger partial charge in [0.05, 0.1) is 6.61 Å². The lowest BCUT2D eigenvalue weighted by Crippen LogP contribution is -2.26. The molecule has 0 aromatic heterocycles. The Morgan fingerprint density at radius 2 is 2.43 bits per heavy atom. The number of fused-ring (bicyclic) bond motifs is 1. The molecule has 1 unspecified atom stereocenters. The van der Waals surface area contributed by atoms with Gasteiger partial charge in [0.15, 0.2) is 0 Å². The zero-order valence-corrected chi connectivity index (χ0v) is 8.22. The minimum atomic E-state index is -0.197. The molecule has 3 heteroatoms. The Labute approximate surface area is 83.1 Å². The van der Waals surface area contributed by atoms with Crippen LogP contribution >= 0.6 is 0 Å². The van der Waals surface area contributed by atoms with E-state index in [1.54, 1.807) is 12.1 Å². The lowest BCUT2D eigenvalue weighted by molar-refractivity contribution is 0.253. The van der Waals surface area contributed by atoms with Crippen molar-refractivity contribution < 1.29 is 9.13 Å². The Morgan fingerprint density at radius 1 is 1.57 bits per heavy atom. The molecule has 0 aliphatic carbocycles. The number of benzene rings is 1. The van der Waals surface area contributed by atoms with E-state index in [9.17, 15) is 4.39 Å². The van der Waals surface area contributed by atoms with Crippen molar-refractivity contribution in [2.24, 2.45) is 0 Å². The third-order valence-corrected chi connectivity index (χ3v) is 2.46. The molecule has 1 aromatic carbocycles. The summed E-state index contributed by atoms with van der Waals surface area (Å²) in [7, 11) is 0. The highest BCUT2D eigenvalue weighted by Gasteiger charge is 2.20. The van der Waals surface area contributed by atoms with Crippen LogP contribution in [-0.2, 0) is 0 Å². The average molecular weight is 195 g/mol. The lowest BCUT2D eigenvalue weighted by atomic mass is 10.0. The first-order valence-corrected chi connectivity index (χ1v) is 4.97. The summed E-state index contributed by atoms with van der Waals surface area (Å²) < 4.78 is 18.5. The first-order chi connectivity index (χ1) is 6.81. The molecule has 0 saturated heterocycles. The van der Waals surface area contributed by atoms with Gasteiger partial charge >= 0.3 is 0 Å². The fourth-order valence-electron chi connectivity index (χ4n) is 1.82. The Kier molecular flexibility index (Phi) is 2.68. The predicted molar refractivity (Wildman–Crippen MR) is 52.9 cm³/mol. The summed E-state index contributed by atoms with van der Waals surface area (Å²) in [6, 6.07) is 4.93. The fraction of sp³-hybridized carbons (Fsp3) is 0.455. The molecule has 0 bridgehead atoms. The summed E-state index contributed by atoms with van der Waals surface area (Å²) in [6.45, 7) is 3.64. The summed E-state index contributed by atoms with van der Waals surface area (Å²) in [4.78, 5) is 0. The van der Waals surface area contributed by atoms with Crippen LogP contribution in [-0.4, -0.2) is 13.2 Å². The van der Waals surface area contributed by atoms with E-state index in [2.05, 4.69) is 12.2 Å². The molecule has 0 radical (unpaired) electrons. The number of hydrogen-bond donors (Lipinski definition) is 1. The van der Waals surface area contributed by atoms with Gasteiger partial charge in [-0.15, -0.1) is 0 Å². The molecule has 1 atom stereocenters. The van der Waals surface area contributed by atoms with Crippen LogP contribution in [0.1, 0.15) is 24.9 Å². The fourth-order valence-corrected chi connectivity index (χ4v) is 1.82. The molecule has 0 amide bonds. The molecule has 0 spiro atoms. The van der Waals surface area contributed by atoms with E-state index < -0.39 is 0 Å². The molecule has 14 heavy (non-hydrogen) atoms. The third kappa shape index (κ3) is 1.73. The van der Waals surface area contributed by atoms with E-state index in [0.717, 1.165) is 24.3 Å². The molecule has 1 aliphatic rings. The van der Waals surface area contributed by atoms with Crippen LogP contribution in [0.15, 0.2) is 18.2 Å². The maximum Gasteiger partial charge on any atom is 0.124 e. The quantitative estimate of drug-likeness (QED) is 0.781. The summed E-state index contributed by atoms with van der Waals surface area (Å²) in [6.07, 6.45) is 0.907. The Hall–Kier alpha value is -1.09. The smallest absolute Gasteiger partial charge is 0.124 e. The zero-order valence-electron chi connectivity index (χ0n) is 8.22. The van der Waals surface area contributed by atoms with Crippen molar-refractivity contribution >= 4 is 0 Å². The molecular formula is C11H14FNO. The van der Waals surface area contributed by atoms with Crippen LogP contribution in [0.4, 0.5) is 4.39 Å². The average Bonchev–Trinajstić information content (AvgIpc) is 2.19. The van der Waals surface area contributed by atoms with E-state index in [1.165, 1.54) is 6.07 Å². The summed E-state index contributed by atoms with van der Waals surface area (Å²) in [5.74, 6) is 0.612. The molecule has 1 aromatic rings. The van der Waals surface area contributed by atoms with E-state index in [1.807, 2.05) is 0 Å². The minimum absolute atomic E-state index is 0.197. The molecule has 0 fully saturated rings. The Balaban J connectivity index is 2.32. The first-order valence-electron chi connectivity index (χ1n) is 4.97. The molecule has 0 saturated carbocycles. The molecule has 1 N–H and O–H groups in total. The van der Waals surface area contributed by atoms with Gasteiger partial charge in [-0.2, -0.15) is 0 Å². The Morgan fingerprint density at radius 3 is 3.21 bits per heavy atom. The van der Waals surface area contributed by atoms with Crippen LogP contribution in [0.5, 0.6) is 5.75 Å². The minimum Gasteiger partial charge on any atom is -0.493 e. The molecule has 2 nitrogen and oxygen atoms in total. The van der Waals surface area contributed by atoms with Crippen LogP contribution in [0.25, 0.3) is 0 Å². The second-order valence-corrected chi connectivity index (χ2v) is 3.43. The van der Waals surface area contributed by atoms with Crippen molar-refractivity contribution in [3.63, 3.8) is 0 Å². The van der Waals surface area contributed by atoms with Gasteiger partial charge < -0.3 is 10.1 Å². The van der Waals surface area contributed by atoms with Gasteiger partial charge in [-0.05, 0) is 24.7 Å². The van der Waals surface area contributed by atoms with E-state index in [0.29, 0.717) is 6.61 Å². The number of hydrogen-bond acceptors (Lipinski definition) is 2. The van der Waals surface area contributed by atoms with Gasteiger partial charge in [-0.1, -0.05) is 6.92 Å². The van der Waals surface area contributed by atoms with Gasteiger partial charge in [0.1, 0.15) is 11.6 Å². The van der Waals surface area contributed by atoms with Crippen molar-refractivity contribution in [3.8, 4) is 5.75 Å². The van der Waals surface area contributed by atoms with Crippen LogP contribution < -0.4 is 10.1 Å². The van der Waals surface area contributed by atoms with E-state index in [4.69, 9.17) is 4.74 Å². The highest BCUT2D eigenvalue weighted by Crippen LogP contribution is 2.32. The lowest BCUT2D eigenvalue weighted by Gasteiger charge is -2.26. The summed E-state index contributed by atoms with van der Waals surface area (Å²) >= 11 is 0. The van der Waals surface area contributed by atoms with Gasteiger partial charge in [0, 0.05) is 18.0 Å². The van der Waals surface area contributed by atoms with Crippen molar-refractivity contribution in [2.45, 2.75) is 19.4 Å². The monoisotopic (exact) mass is 195 g/mol. The summed E-state index contributed by atoms with van der Waals surface area (Å²) in [5, 5.41) is 3.32. The van der Waals surface area contributed by atoms with Crippen molar-refractivity contribution in [1.29, 1.82) is 0 Å². The molecule has 1 heterocycles. The number of ether oxygens (including phenoxy) is 1. The molecule has 1 aliphatic heterocycles. The zero-order chi connectivity index (χ0) is 9.97. The topological polar surface area (TPSA) is 21.3 Å². The largest absolute Gasteiger partial charge is 0.493 e. The normalized spacial score (nSPS) is 20.0. The third-order valence-electron chi connectivity index (χ3n) is 2.46. The maximum absolute atomic E-state index is 13.0. The second-order valence-electron chi connectivity index (χ2n) is 3.43. The standard InChI is InChI=1S/C11H14FNO/c1-2-13-10-5-6-14-11-4-3-8(12)7-9(10)11/h3-4,7,10,13H,2,5-6H2,1H3. The molecular weight excluding hydrogens is 181 g/mol. The first kappa shape index (κ1) is 9.46. The SMILES string of the molecule is CCNC1CCOc2ccc(F)cc21. The van der Waals surface area contributed by atoms with Crippen LogP contribution in [0.2, 0.25) is 0 Å². The van der Waals surface area contributed by atoms with Gasteiger partial charge in [0.2, 0.25) is 0 Å². The highest BCUT2D eigenvalue weighted by atomic mass is 19.1. The number of nitrogens with one attached hydrogen (secondary N) is 1. The maximum atomic E-state index is 13.0. The molecule has 2 rings (SSSR count). The highest BCUT2D eigenvalue weighted by molar-refractivity contribution is 5.37. The van der Waals surface area contributed by atoms with E-state index in [-0.39, 0.29) is 11.9 Å². The van der Waals surface area contributed by atoms with Gasteiger partial charge in [0.25, 0.3) is 0 Å². The van der Waals surface area contributed by atoms with Gasteiger partial charge in [-0.3, -0.25) is 0 Å². The van der Waals surface area contributed by atoms with E-state index >= 15 is 0 Å². The van der Waals surface area contributed by atoms with Crippen molar-refractivity contribution in [2.75, 3.05) is 13.2 Å². The number of halogens is 1. The molecule has 76 valence electrons.